The van der Waals surface area contributed by atoms with Crippen LogP contribution in [0.4, 0.5) is 0 Å². The summed E-state index contributed by atoms with van der Waals surface area (Å²) in [5.74, 6) is -0.583. The Morgan fingerprint density at radius 2 is 1.89 bits per heavy atom. The Morgan fingerprint density at radius 3 is 2.44 bits per heavy atom. The molecule has 0 fully saturated rings. The molecule has 0 unspecified atom stereocenters. The third-order valence-electron chi connectivity index (χ3n) is 2.60. The summed E-state index contributed by atoms with van der Waals surface area (Å²) in [6.07, 6.45) is 0. The van der Waals surface area contributed by atoms with Crippen LogP contribution in [-0.2, 0) is 0 Å². The zero-order valence-electron chi connectivity index (χ0n) is 10.2. The van der Waals surface area contributed by atoms with Crippen molar-refractivity contribution in [1.82, 2.24) is 4.98 Å². The van der Waals surface area contributed by atoms with Gasteiger partial charge in [-0.2, -0.15) is 0 Å². The van der Waals surface area contributed by atoms with Crippen LogP contribution < -0.4 is 4.74 Å². The van der Waals surface area contributed by atoms with E-state index in [0.717, 1.165) is 11.1 Å². The van der Waals surface area contributed by atoms with Gasteiger partial charge in [-0.05, 0) is 6.92 Å². The number of aromatic carboxylic acids is 1. The van der Waals surface area contributed by atoms with Gasteiger partial charge in [0.15, 0.2) is 5.69 Å². The molecule has 4 heteroatoms. The molecule has 0 aliphatic heterocycles. The molecule has 0 bridgehead atoms. The summed E-state index contributed by atoms with van der Waals surface area (Å²) in [6, 6.07) is 10.8. The number of aryl methyl sites for hydroxylation is 1. The van der Waals surface area contributed by atoms with Crippen molar-refractivity contribution >= 4 is 5.97 Å². The SMILES string of the molecule is COc1cc(C(=O)O)nc(-c2ccc(C)cc2)c1. The van der Waals surface area contributed by atoms with Gasteiger partial charge in [-0.1, -0.05) is 29.8 Å². The van der Waals surface area contributed by atoms with Crippen LogP contribution in [0.25, 0.3) is 11.3 Å². The van der Waals surface area contributed by atoms with Crippen molar-refractivity contribution in [1.29, 1.82) is 0 Å². The second-order valence-electron chi connectivity index (χ2n) is 3.95. The second kappa shape index (κ2) is 4.87. The molecule has 0 amide bonds. The minimum Gasteiger partial charge on any atom is -0.497 e. The first-order chi connectivity index (χ1) is 8.60. The van der Waals surface area contributed by atoms with Crippen LogP contribution in [0.1, 0.15) is 16.1 Å². The van der Waals surface area contributed by atoms with Gasteiger partial charge in [0.25, 0.3) is 0 Å². The predicted molar refractivity (Wildman–Crippen MR) is 67.9 cm³/mol. The molecule has 4 nitrogen and oxygen atoms in total. The predicted octanol–water partition coefficient (Wildman–Crippen LogP) is 2.76. The quantitative estimate of drug-likeness (QED) is 0.900. The lowest BCUT2D eigenvalue weighted by molar-refractivity contribution is 0.0690. The molecule has 0 aliphatic carbocycles. The number of carboxylic acids is 1. The van der Waals surface area contributed by atoms with E-state index in [9.17, 15) is 4.79 Å². The van der Waals surface area contributed by atoms with Crippen LogP contribution >= 0.6 is 0 Å². The minimum atomic E-state index is -1.07. The molecule has 0 saturated carbocycles. The lowest BCUT2D eigenvalue weighted by atomic mass is 10.1. The Labute approximate surface area is 105 Å². The normalized spacial score (nSPS) is 10.1. The van der Waals surface area contributed by atoms with Crippen molar-refractivity contribution < 1.29 is 14.6 Å². The lowest BCUT2D eigenvalue weighted by Gasteiger charge is -2.06. The number of aromatic nitrogens is 1. The number of hydrogen-bond donors (Lipinski definition) is 1. The third-order valence-corrected chi connectivity index (χ3v) is 2.60. The number of rotatable bonds is 3. The lowest BCUT2D eigenvalue weighted by Crippen LogP contribution is -2.02. The van der Waals surface area contributed by atoms with Crippen LogP contribution in [0.2, 0.25) is 0 Å². The standard InChI is InChI=1S/C14H13NO3/c1-9-3-5-10(6-4-9)12-7-11(18-2)8-13(15-12)14(16)17/h3-8H,1-2H3,(H,16,17). The van der Waals surface area contributed by atoms with E-state index >= 15 is 0 Å². The van der Waals surface area contributed by atoms with E-state index in [1.165, 1.54) is 13.2 Å². The van der Waals surface area contributed by atoms with Crippen molar-refractivity contribution in [2.75, 3.05) is 7.11 Å². The smallest absolute Gasteiger partial charge is 0.354 e. The first-order valence-electron chi connectivity index (χ1n) is 5.46. The fraction of sp³-hybridized carbons (Fsp3) is 0.143. The van der Waals surface area contributed by atoms with Crippen LogP contribution in [-0.4, -0.2) is 23.2 Å². The molecular formula is C14H13NO3. The molecule has 1 aromatic heterocycles. The Morgan fingerprint density at radius 1 is 1.22 bits per heavy atom. The highest BCUT2D eigenvalue weighted by molar-refractivity contribution is 5.86. The highest BCUT2D eigenvalue weighted by atomic mass is 16.5. The fourth-order valence-electron chi connectivity index (χ4n) is 1.61. The van der Waals surface area contributed by atoms with Crippen molar-refractivity contribution in [2.24, 2.45) is 0 Å². The number of nitrogens with zero attached hydrogens (tertiary/aromatic N) is 1. The Hall–Kier alpha value is -2.36. The third kappa shape index (κ3) is 2.48. The molecule has 1 N–H and O–H groups in total. The monoisotopic (exact) mass is 243 g/mol. The molecule has 0 aliphatic rings. The van der Waals surface area contributed by atoms with Gasteiger partial charge in [-0.3, -0.25) is 0 Å². The van der Waals surface area contributed by atoms with E-state index in [2.05, 4.69) is 4.98 Å². The molecule has 92 valence electrons. The number of methoxy groups -OCH3 is 1. The summed E-state index contributed by atoms with van der Waals surface area (Å²) >= 11 is 0. The number of ether oxygens (including phenoxy) is 1. The van der Waals surface area contributed by atoms with Crippen molar-refractivity contribution in [3.8, 4) is 17.0 Å². The van der Waals surface area contributed by atoms with Gasteiger partial charge in [-0.15, -0.1) is 0 Å². The summed E-state index contributed by atoms with van der Waals surface area (Å²) in [5, 5.41) is 9.00. The highest BCUT2D eigenvalue weighted by Crippen LogP contribution is 2.23. The van der Waals surface area contributed by atoms with Crippen molar-refractivity contribution in [3.05, 3.63) is 47.7 Å². The topological polar surface area (TPSA) is 59.4 Å². The molecule has 0 radical (unpaired) electrons. The van der Waals surface area contributed by atoms with Crippen LogP contribution in [0.3, 0.4) is 0 Å². The molecule has 0 spiro atoms. The van der Waals surface area contributed by atoms with Crippen molar-refractivity contribution in [3.63, 3.8) is 0 Å². The second-order valence-corrected chi connectivity index (χ2v) is 3.95. The van der Waals surface area contributed by atoms with Crippen molar-refractivity contribution in [2.45, 2.75) is 6.92 Å². The van der Waals surface area contributed by atoms with Crippen LogP contribution in [0.15, 0.2) is 36.4 Å². The Kier molecular flexibility index (Phi) is 3.28. The maximum absolute atomic E-state index is 11.0. The van der Waals surface area contributed by atoms with E-state index < -0.39 is 5.97 Å². The number of carboxylic acid groups (broad SMARTS) is 1. The number of pyridine rings is 1. The number of benzene rings is 1. The maximum atomic E-state index is 11.0. The largest absolute Gasteiger partial charge is 0.497 e. The summed E-state index contributed by atoms with van der Waals surface area (Å²) in [6.45, 7) is 1.99. The fourth-order valence-corrected chi connectivity index (χ4v) is 1.61. The zero-order valence-corrected chi connectivity index (χ0v) is 10.2. The Balaban J connectivity index is 2.52. The molecular weight excluding hydrogens is 230 g/mol. The molecule has 0 saturated heterocycles. The summed E-state index contributed by atoms with van der Waals surface area (Å²) in [7, 11) is 1.50. The van der Waals surface area contributed by atoms with Gasteiger partial charge < -0.3 is 9.84 Å². The van der Waals surface area contributed by atoms with Gasteiger partial charge >= 0.3 is 5.97 Å². The number of hydrogen-bond acceptors (Lipinski definition) is 3. The van der Waals surface area contributed by atoms with E-state index in [1.807, 2.05) is 31.2 Å². The average Bonchev–Trinajstić information content (AvgIpc) is 2.39. The molecule has 0 atom stereocenters. The summed E-state index contributed by atoms with van der Waals surface area (Å²) < 4.78 is 5.09. The van der Waals surface area contributed by atoms with Gasteiger partial charge in [0.2, 0.25) is 0 Å². The maximum Gasteiger partial charge on any atom is 0.354 e. The molecule has 2 rings (SSSR count). The number of carbonyl (C=O) groups is 1. The van der Waals surface area contributed by atoms with Gasteiger partial charge in [-0.25, -0.2) is 9.78 Å². The average molecular weight is 243 g/mol. The molecule has 18 heavy (non-hydrogen) atoms. The van der Waals surface area contributed by atoms with E-state index in [-0.39, 0.29) is 5.69 Å². The van der Waals surface area contributed by atoms with Gasteiger partial charge in [0, 0.05) is 17.7 Å². The molecule has 1 aromatic carbocycles. The zero-order chi connectivity index (χ0) is 13.1. The molecule has 2 aromatic rings. The summed E-state index contributed by atoms with van der Waals surface area (Å²) in [5.41, 5.74) is 2.57. The first kappa shape index (κ1) is 12.1. The van der Waals surface area contributed by atoms with E-state index in [4.69, 9.17) is 9.84 Å². The van der Waals surface area contributed by atoms with Crippen LogP contribution in [0.5, 0.6) is 5.75 Å². The van der Waals surface area contributed by atoms with E-state index in [0.29, 0.717) is 11.4 Å². The minimum absolute atomic E-state index is 0.0232. The van der Waals surface area contributed by atoms with Gasteiger partial charge in [0.05, 0.1) is 12.8 Å². The van der Waals surface area contributed by atoms with Crippen LogP contribution in [0, 0.1) is 6.92 Å². The Bertz CT molecular complexity index is 576. The molecule has 1 heterocycles. The highest BCUT2D eigenvalue weighted by Gasteiger charge is 2.10. The first-order valence-corrected chi connectivity index (χ1v) is 5.46. The summed E-state index contributed by atoms with van der Waals surface area (Å²) in [4.78, 5) is 15.1. The van der Waals surface area contributed by atoms with Gasteiger partial charge in [0.1, 0.15) is 5.75 Å². The van der Waals surface area contributed by atoms with E-state index in [1.54, 1.807) is 6.07 Å².